The van der Waals surface area contributed by atoms with Crippen LogP contribution in [0.5, 0.6) is 0 Å². The average Bonchev–Trinajstić information content (AvgIpc) is 2.26. The number of hydrogen-bond acceptors (Lipinski definition) is 3. The first-order chi connectivity index (χ1) is 8.79. The Morgan fingerprint density at radius 1 is 1.32 bits per heavy atom. The summed E-state index contributed by atoms with van der Waals surface area (Å²) >= 11 is 0. The van der Waals surface area contributed by atoms with Crippen LogP contribution in [-0.2, 0) is 16.1 Å². The van der Waals surface area contributed by atoms with Crippen LogP contribution < -0.4 is 0 Å². The van der Waals surface area contributed by atoms with Gasteiger partial charge in [0.15, 0.2) is 0 Å². The van der Waals surface area contributed by atoms with Crippen molar-refractivity contribution in [3.05, 3.63) is 35.1 Å². The fourth-order valence-corrected chi connectivity index (χ4v) is 1.42. The molecule has 0 spiro atoms. The van der Waals surface area contributed by atoms with Crippen LogP contribution in [0.25, 0.3) is 0 Å². The third-order valence-corrected chi connectivity index (χ3v) is 2.30. The van der Waals surface area contributed by atoms with Crippen molar-refractivity contribution >= 4 is 5.97 Å². The van der Waals surface area contributed by atoms with Gasteiger partial charge in [0.2, 0.25) is 0 Å². The summed E-state index contributed by atoms with van der Waals surface area (Å²) in [6.07, 6.45) is 0. The van der Waals surface area contributed by atoms with Crippen molar-refractivity contribution in [1.82, 2.24) is 0 Å². The third-order valence-electron chi connectivity index (χ3n) is 2.30. The molecular formula is C14H19FO4. The Balaban J connectivity index is 2.38. The van der Waals surface area contributed by atoms with E-state index >= 15 is 0 Å². The molecule has 0 aliphatic heterocycles. The van der Waals surface area contributed by atoms with Gasteiger partial charge in [0.1, 0.15) is 5.82 Å². The monoisotopic (exact) mass is 270 g/mol. The predicted molar refractivity (Wildman–Crippen MR) is 68.7 cm³/mol. The van der Waals surface area contributed by atoms with Gasteiger partial charge < -0.3 is 14.6 Å². The Labute approximate surface area is 112 Å². The number of carboxylic acids is 1. The zero-order valence-electron chi connectivity index (χ0n) is 11.4. The Morgan fingerprint density at radius 2 is 2.00 bits per heavy atom. The maximum absolute atomic E-state index is 13.4. The molecule has 0 bridgehead atoms. The predicted octanol–water partition coefficient (Wildman–Crippen LogP) is 2.86. The van der Waals surface area contributed by atoms with Crippen LogP contribution in [0.1, 0.15) is 36.7 Å². The highest BCUT2D eigenvalue weighted by atomic mass is 19.1. The van der Waals surface area contributed by atoms with Crippen molar-refractivity contribution in [2.75, 3.05) is 13.2 Å². The zero-order chi connectivity index (χ0) is 14.5. The van der Waals surface area contributed by atoms with Crippen LogP contribution in [-0.4, -0.2) is 29.9 Å². The van der Waals surface area contributed by atoms with Crippen LogP contribution >= 0.6 is 0 Å². The second-order valence-electron chi connectivity index (χ2n) is 5.13. The molecule has 0 amide bonds. The van der Waals surface area contributed by atoms with Crippen LogP contribution in [0, 0.1) is 5.82 Å². The Kier molecular flexibility index (Phi) is 5.44. The molecule has 0 radical (unpaired) electrons. The van der Waals surface area contributed by atoms with Gasteiger partial charge in [-0.2, -0.15) is 0 Å². The van der Waals surface area contributed by atoms with E-state index in [0.717, 1.165) is 0 Å². The van der Waals surface area contributed by atoms with Crippen LogP contribution in [0.2, 0.25) is 0 Å². The maximum atomic E-state index is 13.4. The number of carbonyl (C=O) groups is 1. The first-order valence-electron chi connectivity index (χ1n) is 6.03. The quantitative estimate of drug-likeness (QED) is 0.807. The van der Waals surface area contributed by atoms with Gasteiger partial charge in [-0.3, -0.25) is 0 Å². The van der Waals surface area contributed by atoms with Crippen molar-refractivity contribution in [3.63, 3.8) is 0 Å². The minimum Gasteiger partial charge on any atom is -0.478 e. The fraction of sp³-hybridized carbons (Fsp3) is 0.500. The van der Waals surface area contributed by atoms with Crippen molar-refractivity contribution in [1.29, 1.82) is 0 Å². The summed E-state index contributed by atoms with van der Waals surface area (Å²) in [6.45, 7) is 6.94. The second kappa shape index (κ2) is 6.63. The van der Waals surface area contributed by atoms with Crippen molar-refractivity contribution in [2.24, 2.45) is 0 Å². The smallest absolute Gasteiger partial charge is 0.338 e. The summed E-state index contributed by atoms with van der Waals surface area (Å²) < 4.78 is 24.2. The van der Waals surface area contributed by atoms with E-state index in [0.29, 0.717) is 18.8 Å². The SMILES string of the molecule is CC(C)(C)OCCOCc1ccc(C(=O)O)c(F)c1. The minimum absolute atomic E-state index is 0.210. The number of aromatic carboxylic acids is 1. The number of rotatable bonds is 6. The van der Waals surface area contributed by atoms with Crippen LogP contribution in [0.15, 0.2) is 18.2 Å². The lowest BCUT2D eigenvalue weighted by Gasteiger charge is -2.19. The van der Waals surface area contributed by atoms with Gasteiger partial charge in [-0.05, 0) is 38.5 Å². The summed E-state index contributed by atoms with van der Waals surface area (Å²) in [5.41, 5.74) is 0.0524. The van der Waals surface area contributed by atoms with Crippen molar-refractivity contribution in [2.45, 2.75) is 33.0 Å². The van der Waals surface area contributed by atoms with E-state index in [1.165, 1.54) is 18.2 Å². The molecule has 0 aliphatic rings. The van der Waals surface area contributed by atoms with E-state index < -0.39 is 11.8 Å². The summed E-state index contributed by atoms with van der Waals surface area (Å²) in [5, 5.41) is 8.69. The van der Waals surface area contributed by atoms with Gasteiger partial charge >= 0.3 is 5.97 Å². The summed E-state index contributed by atoms with van der Waals surface area (Å²) in [5.74, 6) is -2.02. The Bertz CT molecular complexity index is 438. The molecule has 0 heterocycles. The van der Waals surface area contributed by atoms with Gasteiger partial charge in [0.25, 0.3) is 0 Å². The van der Waals surface area contributed by atoms with E-state index in [2.05, 4.69) is 0 Å². The number of hydrogen-bond donors (Lipinski definition) is 1. The molecule has 4 nitrogen and oxygen atoms in total. The molecule has 0 aromatic heterocycles. The highest BCUT2D eigenvalue weighted by Crippen LogP contribution is 2.12. The maximum Gasteiger partial charge on any atom is 0.338 e. The largest absolute Gasteiger partial charge is 0.478 e. The average molecular weight is 270 g/mol. The molecular weight excluding hydrogens is 251 g/mol. The molecule has 0 fully saturated rings. The fourth-order valence-electron chi connectivity index (χ4n) is 1.42. The topological polar surface area (TPSA) is 55.8 Å². The Hall–Kier alpha value is -1.46. The minimum atomic E-state index is -1.27. The van der Waals surface area contributed by atoms with Crippen molar-refractivity contribution < 1.29 is 23.8 Å². The molecule has 0 saturated carbocycles. The number of carboxylic acid groups (broad SMARTS) is 1. The second-order valence-corrected chi connectivity index (χ2v) is 5.13. The number of halogens is 1. The summed E-state index contributed by atoms with van der Waals surface area (Å²) in [6, 6.07) is 3.95. The molecule has 1 aromatic carbocycles. The van der Waals surface area contributed by atoms with E-state index in [9.17, 15) is 9.18 Å². The Morgan fingerprint density at radius 3 is 2.53 bits per heavy atom. The van der Waals surface area contributed by atoms with Gasteiger partial charge in [-0.15, -0.1) is 0 Å². The van der Waals surface area contributed by atoms with Crippen LogP contribution in [0.3, 0.4) is 0 Å². The van der Waals surface area contributed by atoms with E-state index in [4.69, 9.17) is 14.6 Å². The summed E-state index contributed by atoms with van der Waals surface area (Å²) in [4.78, 5) is 10.6. The van der Waals surface area contributed by atoms with E-state index in [-0.39, 0.29) is 17.8 Å². The van der Waals surface area contributed by atoms with Crippen molar-refractivity contribution in [3.8, 4) is 0 Å². The van der Waals surface area contributed by atoms with E-state index in [1.807, 2.05) is 20.8 Å². The van der Waals surface area contributed by atoms with Gasteiger partial charge in [-0.25, -0.2) is 9.18 Å². The van der Waals surface area contributed by atoms with Crippen LogP contribution in [0.4, 0.5) is 4.39 Å². The third kappa shape index (κ3) is 5.81. The number of ether oxygens (including phenoxy) is 2. The molecule has 0 unspecified atom stereocenters. The molecule has 0 atom stereocenters. The van der Waals surface area contributed by atoms with Gasteiger partial charge in [0.05, 0.1) is 31.0 Å². The van der Waals surface area contributed by atoms with Gasteiger partial charge in [-0.1, -0.05) is 6.07 Å². The van der Waals surface area contributed by atoms with E-state index in [1.54, 1.807) is 0 Å². The highest BCUT2D eigenvalue weighted by Gasteiger charge is 2.11. The molecule has 1 aromatic rings. The first-order valence-corrected chi connectivity index (χ1v) is 6.03. The normalized spacial score (nSPS) is 11.6. The molecule has 0 aliphatic carbocycles. The zero-order valence-corrected chi connectivity index (χ0v) is 11.4. The standard InChI is InChI=1S/C14H19FO4/c1-14(2,3)19-7-6-18-9-10-4-5-11(13(16)17)12(15)8-10/h4-5,8H,6-7,9H2,1-3H3,(H,16,17). The molecule has 0 saturated heterocycles. The molecule has 106 valence electrons. The highest BCUT2D eigenvalue weighted by molar-refractivity contribution is 5.87. The lowest BCUT2D eigenvalue weighted by Crippen LogP contribution is -2.21. The number of benzene rings is 1. The lowest BCUT2D eigenvalue weighted by molar-refractivity contribution is -0.0377. The molecule has 19 heavy (non-hydrogen) atoms. The molecule has 1 rings (SSSR count). The van der Waals surface area contributed by atoms with Gasteiger partial charge in [0, 0.05) is 0 Å². The molecule has 5 heteroatoms. The summed E-state index contributed by atoms with van der Waals surface area (Å²) in [7, 11) is 0. The lowest BCUT2D eigenvalue weighted by atomic mass is 10.1. The first kappa shape index (κ1) is 15.6. The molecule has 1 N–H and O–H groups in total.